The van der Waals surface area contributed by atoms with Gasteiger partial charge < -0.3 is 14.3 Å². The predicted molar refractivity (Wildman–Crippen MR) is 118 cm³/mol. The maximum Gasteiger partial charge on any atom is 0.349 e. The van der Waals surface area contributed by atoms with E-state index in [0.29, 0.717) is 22.7 Å². The van der Waals surface area contributed by atoms with E-state index in [2.05, 4.69) is 23.4 Å². The summed E-state index contributed by atoms with van der Waals surface area (Å²) in [6.45, 7) is 13.3. The molecule has 7 heteroatoms. The number of carbonyl (C=O) groups is 3. The molecule has 0 atom stereocenters. The summed E-state index contributed by atoms with van der Waals surface area (Å²) in [4.78, 5) is 39.6. The molecule has 0 fully saturated rings. The summed E-state index contributed by atoms with van der Waals surface area (Å²) in [7, 11) is 0. The Morgan fingerprint density at radius 2 is 1.87 bits per heavy atom. The number of ketones is 2. The van der Waals surface area contributed by atoms with E-state index < -0.39 is 18.4 Å². The fourth-order valence-electron chi connectivity index (χ4n) is 3.75. The third-order valence-corrected chi connectivity index (χ3v) is 5.20. The maximum atomic E-state index is 12.5. The normalized spacial score (nSPS) is 11.5. The zero-order chi connectivity index (χ0) is 23.5. The van der Waals surface area contributed by atoms with E-state index in [9.17, 15) is 19.6 Å². The Bertz CT molecular complexity index is 1110. The lowest BCUT2D eigenvalue weighted by Gasteiger charge is -2.12. The van der Waals surface area contributed by atoms with Crippen LogP contribution in [0.15, 0.2) is 11.6 Å². The van der Waals surface area contributed by atoms with Crippen LogP contribution in [0.3, 0.4) is 0 Å². The average molecular weight is 424 g/mol. The summed E-state index contributed by atoms with van der Waals surface area (Å²) in [6.07, 6.45) is 1.49. The van der Waals surface area contributed by atoms with Gasteiger partial charge in [0.1, 0.15) is 11.6 Å². The summed E-state index contributed by atoms with van der Waals surface area (Å²) in [5, 5.41) is 9.44. The van der Waals surface area contributed by atoms with E-state index in [-0.39, 0.29) is 17.1 Å². The number of hydrogen-bond donors (Lipinski definition) is 1. The van der Waals surface area contributed by atoms with Crippen molar-refractivity contribution in [3.8, 4) is 6.07 Å². The predicted octanol–water partition coefficient (Wildman–Crippen LogP) is 4.24. The van der Waals surface area contributed by atoms with Gasteiger partial charge >= 0.3 is 5.97 Å². The van der Waals surface area contributed by atoms with Crippen LogP contribution in [0, 0.1) is 44.9 Å². The number of Topliss-reactive ketones (excluding diaryl/α,β-unsaturated/α-hetero) is 2. The Hall–Kier alpha value is -3.40. The number of aromatic amines is 1. The molecule has 31 heavy (non-hydrogen) atoms. The molecular weight excluding hydrogens is 394 g/mol. The first-order valence-corrected chi connectivity index (χ1v) is 10.2. The number of carbonyl (C=O) groups excluding carboxylic acids is 3. The second-order valence-corrected chi connectivity index (χ2v) is 8.18. The van der Waals surface area contributed by atoms with Crippen molar-refractivity contribution in [3.63, 3.8) is 0 Å². The van der Waals surface area contributed by atoms with E-state index >= 15 is 0 Å². The smallest absolute Gasteiger partial charge is 0.349 e. The number of nitriles is 1. The van der Waals surface area contributed by atoms with Crippen molar-refractivity contribution in [1.29, 1.82) is 5.26 Å². The zero-order valence-corrected chi connectivity index (χ0v) is 19.2. The van der Waals surface area contributed by atoms with Crippen LogP contribution in [0.2, 0.25) is 0 Å². The first-order valence-electron chi connectivity index (χ1n) is 10.2. The summed E-state index contributed by atoms with van der Waals surface area (Å²) in [5.41, 5.74) is 4.39. The molecule has 0 aromatic carbocycles. The van der Waals surface area contributed by atoms with Crippen LogP contribution in [-0.2, 0) is 16.1 Å². The summed E-state index contributed by atoms with van der Waals surface area (Å²) in [5.74, 6) is -1.02. The molecule has 2 aromatic rings. The van der Waals surface area contributed by atoms with E-state index in [4.69, 9.17) is 4.74 Å². The number of aryl methyl sites for hydroxylation is 2. The van der Waals surface area contributed by atoms with Gasteiger partial charge in [-0.1, -0.05) is 13.8 Å². The second kappa shape index (κ2) is 9.61. The van der Waals surface area contributed by atoms with Gasteiger partial charge in [0.05, 0.1) is 5.69 Å². The minimum atomic E-state index is -0.864. The highest BCUT2D eigenvalue weighted by molar-refractivity contribution is 6.05. The largest absolute Gasteiger partial charge is 0.453 e. The third kappa shape index (κ3) is 5.21. The summed E-state index contributed by atoms with van der Waals surface area (Å²) >= 11 is 0. The number of nitrogens with one attached hydrogen (secondary N) is 1. The Kier molecular flexibility index (Phi) is 7.40. The van der Waals surface area contributed by atoms with Crippen LogP contribution in [0.1, 0.15) is 69.8 Å². The third-order valence-electron chi connectivity index (χ3n) is 5.20. The molecule has 0 amide bonds. The van der Waals surface area contributed by atoms with E-state index in [1.807, 2.05) is 26.0 Å². The van der Waals surface area contributed by atoms with Gasteiger partial charge in [0.2, 0.25) is 5.78 Å². The van der Waals surface area contributed by atoms with Crippen LogP contribution in [0.25, 0.3) is 6.08 Å². The highest BCUT2D eigenvalue weighted by atomic mass is 16.5. The highest BCUT2D eigenvalue weighted by Crippen LogP contribution is 2.21. The molecule has 0 saturated heterocycles. The van der Waals surface area contributed by atoms with Gasteiger partial charge in [-0.05, 0) is 63.8 Å². The van der Waals surface area contributed by atoms with Gasteiger partial charge in [-0.3, -0.25) is 9.59 Å². The lowest BCUT2D eigenvalue weighted by atomic mass is 10.1. The number of rotatable bonds is 8. The van der Waals surface area contributed by atoms with E-state index in [1.54, 1.807) is 13.8 Å². The van der Waals surface area contributed by atoms with Gasteiger partial charge in [-0.15, -0.1) is 0 Å². The molecule has 0 radical (unpaired) electrons. The monoisotopic (exact) mass is 423 g/mol. The van der Waals surface area contributed by atoms with Crippen molar-refractivity contribution in [1.82, 2.24) is 9.55 Å². The molecule has 0 aliphatic carbocycles. The molecule has 0 saturated carbocycles. The topological polar surface area (TPSA) is 105 Å². The number of nitrogens with zero attached hydrogens (tertiary/aromatic N) is 2. The van der Waals surface area contributed by atoms with Crippen LogP contribution >= 0.6 is 0 Å². The molecule has 0 bridgehead atoms. The summed E-state index contributed by atoms with van der Waals surface area (Å²) < 4.78 is 7.24. The number of H-pyrrole nitrogens is 1. The number of ether oxygens (including phenoxy) is 1. The van der Waals surface area contributed by atoms with E-state index in [0.717, 1.165) is 23.5 Å². The number of hydrogen-bond acceptors (Lipinski definition) is 5. The molecule has 0 aliphatic heterocycles. The molecule has 164 valence electrons. The Labute approximate surface area is 182 Å². The molecule has 2 rings (SSSR count). The second-order valence-electron chi connectivity index (χ2n) is 8.18. The van der Waals surface area contributed by atoms with Crippen molar-refractivity contribution in [2.24, 2.45) is 5.92 Å². The Balaban J connectivity index is 2.18. The SMILES string of the molecule is CC(=O)c1c(C)[nH]c(C(=O)COC(=O)C(C#N)=Cc2cc(C)n(CC(C)C)c2C)c1C. The molecule has 2 heterocycles. The molecule has 0 aliphatic rings. The number of esters is 1. The quantitative estimate of drug-likeness (QED) is 0.296. The van der Waals surface area contributed by atoms with Crippen molar-refractivity contribution < 1.29 is 19.1 Å². The molecular formula is C24H29N3O4. The van der Waals surface area contributed by atoms with Crippen molar-refractivity contribution in [3.05, 3.63) is 51.1 Å². The van der Waals surface area contributed by atoms with Crippen molar-refractivity contribution in [2.75, 3.05) is 6.61 Å². The first kappa shape index (κ1) is 23.9. The fourth-order valence-corrected chi connectivity index (χ4v) is 3.75. The molecule has 7 nitrogen and oxygen atoms in total. The van der Waals surface area contributed by atoms with Crippen LogP contribution in [-0.4, -0.2) is 33.7 Å². The highest BCUT2D eigenvalue weighted by Gasteiger charge is 2.22. The van der Waals surface area contributed by atoms with Crippen LogP contribution < -0.4 is 0 Å². The summed E-state index contributed by atoms with van der Waals surface area (Å²) in [6, 6.07) is 3.78. The maximum absolute atomic E-state index is 12.5. The van der Waals surface area contributed by atoms with E-state index in [1.165, 1.54) is 13.0 Å². The Morgan fingerprint density at radius 3 is 2.39 bits per heavy atom. The molecule has 2 aromatic heterocycles. The first-order chi connectivity index (χ1) is 14.5. The minimum absolute atomic E-state index is 0.146. The minimum Gasteiger partial charge on any atom is -0.453 e. The van der Waals surface area contributed by atoms with Crippen LogP contribution in [0.5, 0.6) is 0 Å². The Morgan fingerprint density at radius 1 is 1.23 bits per heavy atom. The van der Waals surface area contributed by atoms with Crippen molar-refractivity contribution in [2.45, 2.75) is 55.0 Å². The van der Waals surface area contributed by atoms with Crippen LogP contribution in [0.4, 0.5) is 0 Å². The van der Waals surface area contributed by atoms with Gasteiger partial charge in [0, 0.05) is 29.2 Å². The van der Waals surface area contributed by atoms with Gasteiger partial charge in [0.15, 0.2) is 12.4 Å². The van der Waals surface area contributed by atoms with Gasteiger partial charge in [0.25, 0.3) is 0 Å². The number of aromatic nitrogens is 2. The van der Waals surface area contributed by atoms with Crippen molar-refractivity contribution >= 4 is 23.6 Å². The standard InChI is InChI=1S/C24H29N3O4/c1-13(2)11-27-14(3)8-19(17(27)6)9-20(10-25)24(30)31-12-21(29)23-15(4)22(18(7)28)16(5)26-23/h8-9,13,26H,11-12H2,1-7H3. The zero-order valence-electron chi connectivity index (χ0n) is 19.2. The molecule has 0 spiro atoms. The fraction of sp³-hybridized carbons (Fsp3) is 0.417. The molecule has 0 unspecified atom stereocenters. The van der Waals surface area contributed by atoms with Gasteiger partial charge in [-0.2, -0.15) is 5.26 Å². The lowest BCUT2D eigenvalue weighted by molar-refractivity contribution is -0.137. The lowest BCUT2D eigenvalue weighted by Crippen LogP contribution is -2.16. The van der Waals surface area contributed by atoms with Gasteiger partial charge in [-0.25, -0.2) is 4.79 Å². The average Bonchev–Trinajstić information content (AvgIpc) is 3.13. The molecule has 1 N–H and O–H groups in total.